The molecule has 0 spiro atoms. The lowest BCUT2D eigenvalue weighted by atomic mass is 9.83. The highest BCUT2D eigenvalue weighted by Gasteiger charge is 2.36. The summed E-state index contributed by atoms with van der Waals surface area (Å²) >= 11 is 0. The van der Waals surface area contributed by atoms with Crippen LogP contribution in [-0.4, -0.2) is 11.2 Å². The summed E-state index contributed by atoms with van der Waals surface area (Å²) in [5, 5.41) is 9.58. The Morgan fingerprint density at radius 2 is 1.60 bits per heavy atom. The van der Waals surface area contributed by atoms with Crippen LogP contribution in [0.2, 0.25) is 0 Å². The molecule has 1 heteroatoms. The van der Waals surface area contributed by atoms with Crippen molar-refractivity contribution in [2.45, 2.75) is 44.6 Å². The molecule has 2 saturated carbocycles. The third kappa shape index (κ3) is 1.20. The van der Waals surface area contributed by atoms with Crippen LogP contribution in [0.5, 0.6) is 0 Å². The Labute approximate surface area is 62.4 Å². The maximum atomic E-state index is 9.58. The molecule has 2 atom stereocenters. The first-order valence-electron chi connectivity index (χ1n) is 4.56. The second-order valence-corrected chi connectivity index (χ2v) is 3.85. The van der Waals surface area contributed by atoms with E-state index >= 15 is 0 Å². The molecule has 2 fully saturated rings. The molecule has 0 saturated heterocycles. The van der Waals surface area contributed by atoms with Crippen LogP contribution in [0.4, 0.5) is 0 Å². The number of hydrogen-bond donors (Lipinski definition) is 1. The van der Waals surface area contributed by atoms with Gasteiger partial charge >= 0.3 is 0 Å². The summed E-state index contributed by atoms with van der Waals surface area (Å²) in [6.07, 6.45) is 7.82. The van der Waals surface area contributed by atoms with Gasteiger partial charge in [-0.2, -0.15) is 0 Å². The van der Waals surface area contributed by atoms with E-state index in [0.717, 1.165) is 12.3 Å². The summed E-state index contributed by atoms with van der Waals surface area (Å²) in [7, 11) is 0. The van der Waals surface area contributed by atoms with Crippen LogP contribution >= 0.6 is 0 Å². The van der Waals surface area contributed by atoms with Gasteiger partial charge in [-0.15, -0.1) is 0 Å². The van der Waals surface area contributed by atoms with Gasteiger partial charge in [0.25, 0.3) is 0 Å². The summed E-state index contributed by atoms with van der Waals surface area (Å²) in [5.41, 5.74) is 0. The van der Waals surface area contributed by atoms with E-state index < -0.39 is 0 Å². The second kappa shape index (κ2) is 2.54. The van der Waals surface area contributed by atoms with Crippen molar-refractivity contribution in [1.29, 1.82) is 0 Å². The average Bonchev–Trinajstić information content (AvgIpc) is 2.71. The van der Waals surface area contributed by atoms with Gasteiger partial charge in [-0.1, -0.05) is 12.8 Å². The zero-order valence-electron chi connectivity index (χ0n) is 6.42. The van der Waals surface area contributed by atoms with Crippen molar-refractivity contribution in [3.8, 4) is 0 Å². The van der Waals surface area contributed by atoms with E-state index in [-0.39, 0.29) is 6.10 Å². The zero-order valence-corrected chi connectivity index (χ0v) is 6.42. The lowest BCUT2D eigenvalue weighted by Gasteiger charge is -2.27. The Kier molecular flexibility index (Phi) is 1.69. The standard InChI is InChI=1S/C9H16O/c10-9-4-2-1-3-8(9)7-5-6-7/h7-10H,1-6H2. The fourth-order valence-electron chi connectivity index (χ4n) is 2.21. The van der Waals surface area contributed by atoms with Crippen molar-refractivity contribution >= 4 is 0 Å². The van der Waals surface area contributed by atoms with E-state index in [2.05, 4.69) is 0 Å². The first kappa shape index (κ1) is 6.66. The molecule has 0 amide bonds. The quantitative estimate of drug-likeness (QED) is 0.590. The Morgan fingerprint density at radius 1 is 0.900 bits per heavy atom. The summed E-state index contributed by atoms with van der Waals surface area (Å²) < 4.78 is 0. The van der Waals surface area contributed by atoms with Gasteiger partial charge in [-0.25, -0.2) is 0 Å². The first-order valence-corrected chi connectivity index (χ1v) is 4.56. The highest BCUT2D eigenvalue weighted by Crippen LogP contribution is 2.43. The Morgan fingerprint density at radius 3 is 2.20 bits per heavy atom. The fraction of sp³-hybridized carbons (Fsp3) is 1.00. The number of rotatable bonds is 1. The second-order valence-electron chi connectivity index (χ2n) is 3.85. The predicted octanol–water partition coefficient (Wildman–Crippen LogP) is 1.95. The largest absolute Gasteiger partial charge is 0.393 e. The zero-order chi connectivity index (χ0) is 6.97. The van der Waals surface area contributed by atoms with Gasteiger partial charge in [0, 0.05) is 0 Å². The van der Waals surface area contributed by atoms with E-state index in [9.17, 15) is 5.11 Å². The monoisotopic (exact) mass is 140 g/mol. The normalized spacial score (nSPS) is 41.7. The number of hydrogen-bond acceptors (Lipinski definition) is 1. The summed E-state index contributed by atoms with van der Waals surface area (Å²) in [6.45, 7) is 0. The topological polar surface area (TPSA) is 20.2 Å². The maximum absolute atomic E-state index is 9.58. The smallest absolute Gasteiger partial charge is 0.0571 e. The predicted molar refractivity (Wildman–Crippen MR) is 40.7 cm³/mol. The molecular weight excluding hydrogens is 124 g/mol. The van der Waals surface area contributed by atoms with E-state index in [1.54, 1.807) is 0 Å². The molecule has 0 radical (unpaired) electrons. The van der Waals surface area contributed by atoms with Crippen LogP contribution in [0.3, 0.4) is 0 Å². The molecule has 0 bridgehead atoms. The van der Waals surface area contributed by atoms with Gasteiger partial charge in [0.15, 0.2) is 0 Å². The molecule has 2 aliphatic rings. The molecule has 2 aliphatic carbocycles. The van der Waals surface area contributed by atoms with Crippen LogP contribution in [0.1, 0.15) is 38.5 Å². The van der Waals surface area contributed by atoms with Crippen molar-refractivity contribution in [2.24, 2.45) is 11.8 Å². The van der Waals surface area contributed by atoms with Gasteiger partial charge in [0.05, 0.1) is 6.10 Å². The molecule has 10 heavy (non-hydrogen) atoms. The first-order chi connectivity index (χ1) is 4.88. The van der Waals surface area contributed by atoms with Crippen LogP contribution in [0, 0.1) is 11.8 Å². The molecule has 0 heterocycles. The molecule has 2 unspecified atom stereocenters. The Balaban J connectivity index is 1.90. The molecule has 0 aliphatic heterocycles. The SMILES string of the molecule is OC1CCCCC1C1CC1. The van der Waals surface area contributed by atoms with Gasteiger partial charge in [-0.3, -0.25) is 0 Å². The average molecular weight is 140 g/mol. The van der Waals surface area contributed by atoms with Gasteiger partial charge < -0.3 is 5.11 Å². The van der Waals surface area contributed by atoms with Crippen molar-refractivity contribution in [3.05, 3.63) is 0 Å². The van der Waals surface area contributed by atoms with E-state index in [1.807, 2.05) is 0 Å². The molecule has 0 aromatic carbocycles. The van der Waals surface area contributed by atoms with Gasteiger partial charge in [0.2, 0.25) is 0 Å². The van der Waals surface area contributed by atoms with Gasteiger partial charge in [0.1, 0.15) is 0 Å². The van der Waals surface area contributed by atoms with E-state index in [1.165, 1.54) is 32.1 Å². The fourth-order valence-corrected chi connectivity index (χ4v) is 2.21. The molecule has 2 rings (SSSR count). The van der Waals surface area contributed by atoms with E-state index in [0.29, 0.717) is 5.92 Å². The maximum Gasteiger partial charge on any atom is 0.0571 e. The minimum absolute atomic E-state index is 0.0567. The van der Waals surface area contributed by atoms with Crippen molar-refractivity contribution in [1.82, 2.24) is 0 Å². The lowest BCUT2D eigenvalue weighted by Crippen LogP contribution is -2.25. The lowest BCUT2D eigenvalue weighted by molar-refractivity contribution is 0.0584. The molecule has 1 nitrogen and oxygen atoms in total. The molecule has 0 aromatic rings. The minimum Gasteiger partial charge on any atom is -0.393 e. The van der Waals surface area contributed by atoms with Gasteiger partial charge in [-0.05, 0) is 37.5 Å². The van der Waals surface area contributed by atoms with Crippen molar-refractivity contribution < 1.29 is 5.11 Å². The van der Waals surface area contributed by atoms with E-state index in [4.69, 9.17) is 0 Å². The third-order valence-corrected chi connectivity index (χ3v) is 3.01. The summed E-state index contributed by atoms with van der Waals surface area (Å²) in [5.74, 6) is 1.60. The number of aliphatic hydroxyl groups is 1. The highest BCUT2D eigenvalue weighted by molar-refractivity contribution is 4.87. The molecule has 58 valence electrons. The molecule has 1 N–H and O–H groups in total. The summed E-state index contributed by atoms with van der Waals surface area (Å²) in [6, 6.07) is 0. The van der Waals surface area contributed by atoms with Crippen molar-refractivity contribution in [2.75, 3.05) is 0 Å². The Bertz CT molecular complexity index is 118. The third-order valence-electron chi connectivity index (χ3n) is 3.01. The van der Waals surface area contributed by atoms with Crippen LogP contribution < -0.4 is 0 Å². The molecular formula is C9H16O. The summed E-state index contributed by atoms with van der Waals surface area (Å²) in [4.78, 5) is 0. The van der Waals surface area contributed by atoms with Crippen LogP contribution in [-0.2, 0) is 0 Å². The minimum atomic E-state index is 0.0567. The molecule has 0 aromatic heterocycles. The van der Waals surface area contributed by atoms with Crippen LogP contribution in [0.25, 0.3) is 0 Å². The highest BCUT2D eigenvalue weighted by atomic mass is 16.3. The van der Waals surface area contributed by atoms with Crippen molar-refractivity contribution in [3.63, 3.8) is 0 Å². The van der Waals surface area contributed by atoms with Crippen LogP contribution in [0.15, 0.2) is 0 Å². The Hall–Kier alpha value is -0.0400. The number of aliphatic hydroxyl groups excluding tert-OH is 1.